The Morgan fingerprint density at radius 2 is 1.55 bits per heavy atom. The van der Waals surface area contributed by atoms with E-state index in [2.05, 4.69) is 47.1 Å². The molecule has 20 heavy (non-hydrogen) atoms. The summed E-state index contributed by atoms with van der Waals surface area (Å²) in [5.74, 6) is 1.86. The van der Waals surface area contributed by atoms with E-state index in [0.29, 0.717) is 0 Å². The van der Waals surface area contributed by atoms with Gasteiger partial charge < -0.3 is 4.90 Å². The first-order valence-electron chi connectivity index (χ1n) is 8.34. The van der Waals surface area contributed by atoms with Crippen LogP contribution in [0.4, 0.5) is 0 Å². The molecule has 0 aromatic heterocycles. The van der Waals surface area contributed by atoms with E-state index in [-0.39, 0.29) is 0 Å². The third-order valence-electron chi connectivity index (χ3n) is 4.96. The van der Waals surface area contributed by atoms with Crippen LogP contribution in [-0.2, 0) is 6.54 Å². The topological polar surface area (TPSA) is 6.48 Å². The maximum absolute atomic E-state index is 2.71. The highest BCUT2D eigenvalue weighted by Gasteiger charge is 2.39. The number of benzene rings is 1. The second-order valence-corrected chi connectivity index (χ2v) is 6.67. The van der Waals surface area contributed by atoms with Crippen molar-refractivity contribution in [3.05, 3.63) is 35.9 Å². The van der Waals surface area contributed by atoms with Gasteiger partial charge in [0.2, 0.25) is 0 Å². The van der Waals surface area contributed by atoms with Crippen LogP contribution in [0, 0.1) is 11.8 Å². The summed E-state index contributed by atoms with van der Waals surface area (Å²) in [7, 11) is 0. The summed E-state index contributed by atoms with van der Waals surface area (Å²) >= 11 is 0. The smallest absolute Gasteiger partial charge is 0.0233 e. The van der Waals surface area contributed by atoms with E-state index in [1.807, 2.05) is 0 Å². The Kier molecular flexibility index (Phi) is 4.74. The fraction of sp³-hybridized carbons (Fsp3) is 0.667. The lowest BCUT2D eigenvalue weighted by Gasteiger charge is -2.21. The van der Waals surface area contributed by atoms with Gasteiger partial charge in [0, 0.05) is 32.7 Å². The van der Waals surface area contributed by atoms with Gasteiger partial charge in [-0.05, 0) is 30.4 Å². The van der Waals surface area contributed by atoms with Crippen LogP contribution in [0.2, 0.25) is 0 Å². The average Bonchev–Trinajstić information content (AvgIpc) is 2.98. The second-order valence-electron chi connectivity index (χ2n) is 6.67. The predicted molar refractivity (Wildman–Crippen MR) is 84.7 cm³/mol. The van der Waals surface area contributed by atoms with Gasteiger partial charge in [0.25, 0.3) is 0 Å². The Labute approximate surface area is 123 Å². The van der Waals surface area contributed by atoms with Gasteiger partial charge in [0.05, 0.1) is 0 Å². The van der Waals surface area contributed by atoms with Gasteiger partial charge in [-0.15, -0.1) is 0 Å². The van der Waals surface area contributed by atoms with E-state index >= 15 is 0 Å². The highest BCUT2D eigenvalue weighted by molar-refractivity contribution is 5.14. The van der Waals surface area contributed by atoms with Gasteiger partial charge in [-0.2, -0.15) is 0 Å². The molecule has 2 heterocycles. The van der Waals surface area contributed by atoms with E-state index in [0.717, 1.165) is 18.4 Å². The van der Waals surface area contributed by atoms with Crippen LogP contribution in [0.15, 0.2) is 30.3 Å². The van der Waals surface area contributed by atoms with Crippen molar-refractivity contribution in [1.82, 2.24) is 9.80 Å². The monoisotopic (exact) mass is 272 g/mol. The minimum atomic E-state index is 0.931. The molecule has 0 radical (unpaired) electrons. The van der Waals surface area contributed by atoms with Gasteiger partial charge in [0.15, 0.2) is 0 Å². The molecule has 0 N–H and O–H groups in total. The summed E-state index contributed by atoms with van der Waals surface area (Å²) < 4.78 is 0. The first-order valence-corrected chi connectivity index (χ1v) is 8.34. The molecule has 2 nitrogen and oxygen atoms in total. The van der Waals surface area contributed by atoms with Gasteiger partial charge in [-0.1, -0.05) is 50.1 Å². The van der Waals surface area contributed by atoms with Crippen molar-refractivity contribution >= 4 is 0 Å². The van der Waals surface area contributed by atoms with Crippen molar-refractivity contribution in [1.29, 1.82) is 0 Å². The van der Waals surface area contributed by atoms with Gasteiger partial charge in [-0.3, -0.25) is 4.90 Å². The number of unbranched alkanes of at least 4 members (excludes halogenated alkanes) is 2. The van der Waals surface area contributed by atoms with Crippen molar-refractivity contribution in [2.75, 3.05) is 32.7 Å². The number of hydrogen-bond donors (Lipinski definition) is 0. The molecule has 1 aromatic carbocycles. The van der Waals surface area contributed by atoms with Crippen LogP contribution in [0.3, 0.4) is 0 Å². The Balaban J connectivity index is 1.44. The fourth-order valence-corrected chi connectivity index (χ4v) is 3.93. The summed E-state index contributed by atoms with van der Waals surface area (Å²) in [6.07, 6.45) is 4.13. The first-order chi connectivity index (χ1) is 9.85. The summed E-state index contributed by atoms with van der Waals surface area (Å²) in [6.45, 7) is 10.1. The molecule has 2 saturated heterocycles. The minimum absolute atomic E-state index is 0.931. The summed E-state index contributed by atoms with van der Waals surface area (Å²) in [5, 5.41) is 0. The third kappa shape index (κ3) is 3.42. The second kappa shape index (κ2) is 6.73. The molecule has 2 heteroatoms. The normalized spacial score (nSPS) is 27.1. The van der Waals surface area contributed by atoms with Crippen molar-refractivity contribution in [3.63, 3.8) is 0 Å². The summed E-state index contributed by atoms with van der Waals surface area (Å²) in [5.41, 5.74) is 1.47. The maximum Gasteiger partial charge on any atom is 0.0233 e. The summed E-state index contributed by atoms with van der Waals surface area (Å²) in [4.78, 5) is 5.37. The van der Waals surface area contributed by atoms with Crippen LogP contribution in [0.25, 0.3) is 0 Å². The maximum atomic E-state index is 2.71. The molecule has 1 aromatic rings. The van der Waals surface area contributed by atoms with Gasteiger partial charge in [0.1, 0.15) is 0 Å². The molecule has 0 bridgehead atoms. The molecule has 0 unspecified atom stereocenters. The van der Waals surface area contributed by atoms with Gasteiger partial charge >= 0.3 is 0 Å². The standard InChI is InChI=1S/C18H28N2/c1-2-3-7-10-19-12-17-14-20(15-18(17)13-19)11-16-8-5-4-6-9-16/h4-6,8-9,17-18H,2-3,7,10-15H2,1H3/t17-,18-/m0/s1. The zero-order chi connectivity index (χ0) is 13.8. The molecule has 2 aliphatic rings. The fourth-order valence-electron chi connectivity index (χ4n) is 3.93. The van der Waals surface area contributed by atoms with Crippen LogP contribution in [0.1, 0.15) is 31.7 Å². The van der Waals surface area contributed by atoms with Crippen molar-refractivity contribution in [2.24, 2.45) is 11.8 Å². The highest BCUT2D eigenvalue weighted by Crippen LogP contribution is 2.31. The van der Waals surface area contributed by atoms with Crippen LogP contribution < -0.4 is 0 Å². The van der Waals surface area contributed by atoms with Gasteiger partial charge in [-0.25, -0.2) is 0 Å². The minimum Gasteiger partial charge on any atom is -0.303 e. The van der Waals surface area contributed by atoms with E-state index in [1.165, 1.54) is 57.5 Å². The van der Waals surface area contributed by atoms with Crippen molar-refractivity contribution in [3.8, 4) is 0 Å². The number of fused-ring (bicyclic) bond motifs is 1. The number of nitrogens with zero attached hydrogens (tertiary/aromatic N) is 2. The molecule has 2 fully saturated rings. The van der Waals surface area contributed by atoms with Crippen molar-refractivity contribution < 1.29 is 0 Å². The Bertz CT molecular complexity index is 389. The SMILES string of the molecule is CCCCCN1C[C@H]2CN(Cc3ccccc3)C[C@@H]2C1. The van der Waals surface area contributed by atoms with Crippen LogP contribution in [-0.4, -0.2) is 42.5 Å². The van der Waals surface area contributed by atoms with E-state index in [4.69, 9.17) is 0 Å². The Hall–Kier alpha value is -0.860. The molecule has 110 valence electrons. The van der Waals surface area contributed by atoms with E-state index < -0.39 is 0 Å². The lowest BCUT2D eigenvalue weighted by Crippen LogP contribution is -2.29. The molecule has 0 saturated carbocycles. The molecule has 0 aliphatic carbocycles. The van der Waals surface area contributed by atoms with Crippen molar-refractivity contribution in [2.45, 2.75) is 32.7 Å². The first kappa shape index (κ1) is 14.1. The molecule has 2 aliphatic heterocycles. The molecule has 3 rings (SSSR count). The summed E-state index contributed by atoms with van der Waals surface area (Å²) in [6, 6.07) is 10.9. The largest absolute Gasteiger partial charge is 0.303 e. The predicted octanol–water partition coefficient (Wildman–Crippen LogP) is 3.24. The Morgan fingerprint density at radius 1 is 0.900 bits per heavy atom. The number of hydrogen-bond acceptors (Lipinski definition) is 2. The lowest BCUT2D eigenvalue weighted by molar-refractivity contribution is 0.248. The molecule has 0 spiro atoms. The molecule has 2 atom stereocenters. The Morgan fingerprint density at radius 3 is 2.20 bits per heavy atom. The quantitative estimate of drug-likeness (QED) is 0.734. The molecule has 0 amide bonds. The number of rotatable bonds is 6. The van der Waals surface area contributed by atoms with Crippen LogP contribution in [0.5, 0.6) is 0 Å². The zero-order valence-corrected chi connectivity index (χ0v) is 12.8. The average molecular weight is 272 g/mol. The third-order valence-corrected chi connectivity index (χ3v) is 4.96. The van der Waals surface area contributed by atoms with E-state index in [1.54, 1.807) is 0 Å². The highest BCUT2D eigenvalue weighted by atomic mass is 15.2. The zero-order valence-electron chi connectivity index (χ0n) is 12.8. The van der Waals surface area contributed by atoms with Crippen LogP contribution >= 0.6 is 0 Å². The molecular weight excluding hydrogens is 244 g/mol. The number of likely N-dealkylation sites (tertiary alicyclic amines) is 2. The molecular formula is C18H28N2. The van der Waals surface area contributed by atoms with E-state index in [9.17, 15) is 0 Å². The lowest BCUT2D eigenvalue weighted by atomic mass is 10.0.